The van der Waals surface area contributed by atoms with Gasteiger partial charge in [-0.2, -0.15) is 0 Å². The summed E-state index contributed by atoms with van der Waals surface area (Å²) >= 11 is 6.04. The van der Waals surface area contributed by atoms with Crippen LogP contribution in [0.4, 0.5) is 0 Å². The third kappa shape index (κ3) is 4.24. The number of halogens is 1. The third-order valence-electron chi connectivity index (χ3n) is 5.27. The number of phenols is 1. The number of carbonyl (C=O) groups is 2. The number of carbonyl (C=O) groups excluding carboxylic acids is 2. The van der Waals surface area contributed by atoms with E-state index in [0.29, 0.717) is 23.6 Å². The Balaban J connectivity index is 2.29. The first-order valence-corrected chi connectivity index (χ1v) is 10.2. The van der Waals surface area contributed by atoms with E-state index in [1.807, 2.05) is 19.0 Å². The molecule has 2 aromatic rings. The Bertz CT molecular complexity index is 1080. The number of para-hydroxylation sites is 1. The molecule has 0 aliphatic carbocycles. The number of methoxy groups -OCH3 is 2. The number of likely N-dealkylation sites (tertiary alicyclic amines) is 1. The number of aliphatic hydroxyl groups excluding tert-OH is 1. The first-order valence-electron chi connectivity index (χ1n) is 9.84. The van der Waals surface area contributed by atoms with Gasteiger partial charge in [-0.3, -0.25) is 9.59 Å². The molecular weight excluding hydrogens is 436 g/mol. The number of aromatic hydroxyl groups is 1. The van der Waals surface area contributed by atoms with Crippen molar-refractivity contribution in [2.24, 2.45) is 0 Å². The quantitative estimate of drug-likeness (QED) is 0.372. The molecule has 9 heteroatoms. The van der Waals surface area contributed by atoms with E-state index in [1.165, 1.54) is 37.3 Å². The SMILES string of the molecule is COc1cccc([C@@H]2C(=C(O)c3cc(Cl)ccc3O)C(=O)C(=O)N2CCN(C)C)c1OC. The average Bonchev–Trinajstić information content (AvgIpc) is 3.02. The molecule has 170 valence electrons. The van der Waals surface area contributed by atoms with Crippen LogP contribution in [-0.2, 0) is 9.59 Å². The number of hydrogen-bond acceptors (Lipinski definition) is 7. The zero-order valence-electron chi connectivity index (χ0n) is 18.3. The maximum Gasteiger partial charge on any atom is 0.295 e. The first kappa shape index (κ1) is 23.4. The molecule has 1 aliphatic heterocycles. The Morgan fingerprint density at radius 3 is 2.50 bits per heavy atom. The van der Waals surface area contributed by atoms with Crippen LogP contribution in [0, 0.1) is 0 Å². The van der Waals surface area contributed by atoms with Crippen molar-refractivity contribution in [3.8, 4) is 17.2 Å². The van der Waals surface area contributed by atoms with E-state index < -0.39 is 23.5 Å². The van der Waals surface area contributed by atoms with Gasteiger partial charge in [0, 0.05) is 23.7 Å². The molecule has 32 heavy (non-hydrogen) atoms. The standard InChI is InChI=1S/C23H25ClN2O6/c1-25(2)10-11-26-19(14-6-5-7-17(31-3)22(14)32-4)18(21(29)23(26)30)20(28)15-12-13(24)8-9-16(15)27/h5-9,12,19,27-28H,10-11H2,1-4H3/t19-/m1/s1. The number of nitrogens with zero attached hydrogens (tertiary/aromatic N) is 2. The van der Waals surface area contributed by atoms with Crippen molar-refractivity contribution in [1.82, 2.24) is 9.80 Å². The van der Waals surface area contributed by atoms with E-state index in [4.69, 9.17) is 21.1 Å². The Morgan fingerprint density at radius 1 is 1.16 bits per heavy atom. The Kier molecular flexibility index (Phi) is 6.96. The number of hydrogen-bond donors (Lipinski definition) is 2. The van der Waals surface area contributed by atoms with Gasteiger partial charge in [-0.1, -0.05) is 23.7 Å². The van der Waals surface area contributed by atoms with Gasteiger partial charge in [0.1, 0.15) is 11.5 Å². The van der Waals surface area contributed by atoms with Crippen LogP contribution in [0.25, 0.3) is 5.76 Å². The third-order valence-corrected chi connectivity index (χ3v) is 5.50. The highest BCUT2D eigenvalue weighted by Gasteiger charge is 2.47. The van der Waals surface area contributed by atoms with Gasteiger partial charge in [0.2, 0.25) is 0 Å². The minimum absolute atomic E-state index is 0.0463. The van der Waals surface area contributed by atoms with Gasteiger partial charge in [-0.25, -0.2) is 0 Å². The summed E-state index contributed by atoms with van der Waals surface area (Å²) in [5.41, 5.74) is 0.251. The van der Waals surface area contributed by atoms with Crippen molar-refractivity contribution in [2.75, 3.05) is 41.4 Å². The Morgan fingerprint density at radius 2 is 1.88 bits per heavy atom. The zero-order chi connectivity index (χ0) is 23.6. The van der Waals surface area contributed by atoms with Crippen molar-refractivity contribution in [3.63, 3.8) is 0 Å². The van der Waals surface area contributed by atoms with Gasteiger partial charge in [0.15, 0.2) is 11.5 Å². The van der Waals surface area contributed by atoms with Crippen LogP contribution in [0.15, 0.2) is 42.0 Å². The molecule has 1 amide bonds. The van der Waals surface area contributed by atoms with E-state index in [2.05, 4.69) is 0 Å². The largest absolute Gasteiger partial charge is 0.507 e. The number of aliphatic hydroxyl groups is 1. The van der Waals surface area contributed by atoms with Crippen molar-refractivity contribution in [1.29, 1.82) is 0 Å². The predicted octanol–water partition coefficient (Wildman–Crippen LogP) is 3.05. The van der Waals surface area contributed by atoms with Gasteiger partial charge in [0.05, 0.1) is 31.4 Å². The summed E-state index contributed by atoms with van der Waals surface area (Å²) < 4.78 is 10.9. The second-order valence-corrected chi connectivity index (χ2v) is 7.98. The summed E-state index contributed by atoms with van der Waals surface area (Å²) in [7, 11) is 6.63. The zero-order valence-corrected chi connectivity index (χ0v) is 19.0. The fourth-order valence-corrected chi connectivity index (χ4v) is 3.88. The number of amides is 1. The lowest BCUT2D eigenvalue weighted by molar-refractivity contribution is -0.140. The number of benzene rings is 2. The maximum absolute atomic E-state index is 13.1. The van der Waals surface area contributed by atoms with E-state index in [0.717, 1.165) is 0 Å². The van der Waals surface area contributed by atoms with Crippen molar-refractivity contribution in [3.05, 3.63) is 58.1 Å². The van der Waals surface area contributed by atoms with Crippen LogP contribution >= 0.6 is 11.6 Å². The van der Waals surface area contributed by atoms with Crippen LogP contribution in [-0.4, -0.2) is 73.1 Å². The Hall–Kier alpha value is -3.23. The molecular formula is C23H25ClN2O6. The molecule has 3 rings (SSSR count). The van der Waals surface area contributed by atoms with Crippen LogP contribution in [0.3, 0.4) is 0 Å². The van der Waals surface area contributed by atoms with E-state index in [-0.39, 0.29) is 28.5 Å². The number of ketones is 1. The van der Waals surface area contributed by atoms with Gasteiger partial charge < -0.3 is 29.5 Å². The molecule has 0 saturated carbocycles. The molecule has 0 bridgehead atoms. The topological polar surface area (TPSA) is 99.5 Å². The highest BCUT2D eigenvalue weighted by atomic mass is 35.5. The number of likely N-dealkylation sites (N-methyl/N-ethyl adjacent to an activating group) is 1. The molecule has 0 unspecified atom stereocenters. The van der Waals surface area contributed by atoms with Gasteiger partial charge in [-0.15, -0.1) is 0 Å². The van der Waals surface area contributed by atoms with Gasteiger partial charge in [-0.05, 0) is 38.4 Å². The summed E-state index contributed by atoms with van der Waals surface area (Å²) in [4.78, 5) is 29.4. The van der Waals surface area contributed by atoms with Crippen molar-refractivity contribution >= 4 is 29.1 Å². The lowest BCUT2D eigenvalue weighted by atomic mass is 9.94. The van der Waals surface area contributed by atoms with Gasteiger partial charge >= 0.3 is 0 Å². The Labute approximate surface area is 191 Å². The van der Waals surface area contributed by atoms with Crippen molar-refractivity contribution in [2.45, 2.75) is 6.04 Å². The van der Waals surface area contributed by atoms with Crippen LogP contribution in [0.2, 0.25) is 5.02 Å². The smallest absolute Gasteiger partial charge is 0.295 e. The van der Waals surface area contributed by atoms with Crippen LogP contribution in [0.1, 0.15) is 17.2 Å². The van der Waals surface area contributed by atoms with Crippen LogP contribution < -0.4 is 9.47 Å². The molecule has 1 aliphatic rings. The molecule has 2 N–H and O–H groups in total. The fourth-order valence-electron chi connectivity index (χ4n) is 3.71. The molecule has 1 atom stereocenters. The van der Waals surface area contributed by atoms with Crippen molar-refractivity contribution < 1.29 is 29.3 Å². The number of phenolic OH excluding ortho intramolecular Hbond substituents is 1. The minimum Gasteiger partial charge on any atom is -0.507 e. The average molecular weight is 461 g/mol. The molecule has 1 fully saturated rings. The molecule has 0 radical (unpaired) electrons. The fraction of sp³-hybridized carbons (Fsp3) is 0.304. The number of Topliss-reactive ketones (excluding diaryl/α,β-unsaturated/α-hetero) is 1. The summed E-state index contributed by atoms with van der Waals surface area (Å²) in [5, 5.41) is 21.6. The molecule has 1 saturated heterocycles. The maximum atomic E-state index is 13.1. The predicted molar refractivity (Wildman–Crippen MR) is 120 cm³/mol. The molecule has 0 aromatic heterocycles. The summed E-state index contributed by atoms with van der Waals surface area (Å²) in [6.45, 7) is 0.708. The lowest BCUT2D eigenvalue weighted by Gasteiger charge is -2.28. The van der Waals surface area contributed by atoms with E-state index >= 15 is 0 Å². The normalized spacial score (nSPS) is 17.8. The van der Waals surface area contributed by atoms with Gasteiger partial charge in [0.25, 0.3) is 11.7 Å². The molecule has 8 nitrogen and oxygen atoms in total. The van der Waals surface area contributed by atoms with E-state index in [1.54, 1.807) is 18.2 Å². The highest BCUT2D eigenvalue weighted by Crippen LogP contribution is 2.46. The minimum atomic E-state index is -0.960. The van der Waals surface area contributed by atoms with Crippen LogP contribution in [0.5, 0.6) is 17.2 Å². The number of ether oxygens (including phenoxy) is 2. The second kappa shape index (κ2) is 9.50. The summed E-state index contributed by atoms with van der Waals surface area (Å²) in [6.07, 6.45) is 0. The lowest BCUT2D eigenvalue weighted by Crippen LogP contribution is -2.35. The second-order valence-electron chi connectivity index (χ2n) is 7.54. The molecule has 0 spiro atoms. The summed E-state index contributed by atoms with van der Waals surface area (Å²) in [6, 6.07) is 8.23. The number of rotatable bonds is 7. The molecule has 1 heterocycles. The van der Waals surface area contributed by atoms with E-state index in [9.17, 15) is 19.8 Å². The first-order chi connectivity index (χ1) is 15.2. The molecule has 2 aromatic carbocycles. The summed E-state index contributed by atoms with van der Waals surface area (Å²) in [5.74, 6) is -1.68. The highest BCUT2D eigenvalue weighted by molar-refractivity contribution is 6.46. The monoisotopic (exact) mass is 460 g/mol.